The van der Waals surface area contributed by atoms with E-state index < -0.39 is 0 Å². The van der Waals surface area contributed by atoms with Gasteiger partial charge in [0, 0.05) is 38.2 Å². The summed E-state index contributed by atoms with van der Waals surface area (Å²) in [5.74, 6) is 2.76. The summed E-state index contributed by atoms with van der Waals surface area (Å²) in [6.07, 6.45) is 11.7. The van der Waals surface area contributed by atoms with Crippen molar-refractivity contribution in [3.8, 4) is 0 Å². The smallest absolute Gasteiger partial charge is 0.189 e. The number of hydrogen-bond acceptors (Lipinski definition) is 6. The molecule has 2 aliphatic rings. The van der Waals surface area contributed by atoms with Crippen LogP contribution in [0.15, 0.2) is 41.9 Å². The molecule has 0 saturated carbocycles. The molecule has 2 fully saturated rings. The highest BCUT2D eigenvalue weighted by Crippen LogP contribution is 2.34. The second-order valence-electron chi connectivity index (χ2n) is 7.37. The fourth-order valence-electron chi connectivity index (χ4n) is 4.32. The SMILES string of the molecule is CSc1nccc(N2CCC(C3CCN(Cc4cccnc4)CC3)C2)n1. The topological polar surface area (TPSA) is 45.2 Å². The summed E-state index contributed by atoms with van der Waals surface area (Å²) in [6, 6.07) is 6.27. The van der Waals surface area contributed by atoms with Crippen molar-refractivity contribution >= 4 is 17.6 Å². The minimum Gasteiger partial charge on any atom is -0.356 e. The molecule has 2 saturated heterocycles. The normalized spacial score (nSPS) is 22.0. The molecule has 4 rings (SSSR count). The van der Waals surface area contributed by atoms with Crippen molar-refractivity contribution in [2.24, 2.45) is 11.8 Å². The number of anilines is 1. The van der Waals surface area contributed by atoms with Crippen LogP contribution in [0.4, 0.5) is 5.82 Å². The Kier molecular flexibility index (Phi) is 5.70. The van der Waals surface area contributed by atoms with Gasteiger partial charge in [0.25, 0.3) is 0 Å². The Balaban J connectivity index is 1.29. The van der Waals surface area contributed by atoms with Gasteiger partial charge in [-0.15, -0.1) is 0 Å². The lowest BCUT2D eigenvalue weighted by Crippen LogP contribution is -2.36. The molecule has 2 aromatic rings. The highest BCUT2D eigenvalue weighted by molar-refractivity contribution is 7.98. The summed E-state index contributed by atoms with van der Waals surface area (Å²) in [5.41, 5.74) is 1.33. The van der Waals surface area contributed by atoms with E-state index in [1.54, 1.807) is 11.8 Å². The molecule has 5 nitrogen and oxygen atoms in total. The highest BCUT2D eigenvalue weighted by Gasteiger charge is 2.32. The predicted octanol–water partition coefficient (Wildman–Crippen LogP) is 3.33. The molecule has 26 heavy (non-hydrogen) atoms. The monoisotopic (exact) mass is 369 g/mol. The number of piperidine rings is 1. The number of aromatic nitrogens is 3. The fourth-order valence-corrected chi connectivity index (χ4v) is 4.67. The number of pyridine rings is 1. The third kappa shape index (κ3) is 4.18. The molecule has 0 bridgehead atoms. The van der Waals surface area contributed by atoms with E-state index in [2.05, 4.69) is 36.9 Å². The van der Waals surface area contributed by atoms with Gasteiger partial charge >= 0.3 is 0 Å². The Morgan fingerprint density at radius 1 is 1.08 bits per heavy atom. The van der Waals surface area contributed by atoms with Crippen LogP contribution >= 0.6 is 11.8 Å². The van der Waals surface area contributed by atoms with Crippen LogP contribution in [-0.4, -0.2) is 52.3 Å². The first-order valence-corrected chi connectivity index (χ1v) is 10.8. The second-order valence-corrected chi connectivity index (χ2v) is 8.14. The van der Waals surface area contributed by atoms with Crippen LogP contribution in [0.1, 0.15) is 24.8 Å². The summed E-state index contributed by atoms with van der Waals surface area (Å²) in [6.45, 7) is 5.74. The van der Waals surface area contributed by atoms with Crippen LogP contribution in [0.25, 0.3) is 0 Å². The second kappa shape index (κ2) is 8.35. The summed E-state index contributed by atoms with van der Waals surface area (Å²) < 4.78 is 0. The Bertz CT molecular complexity index is 702. The summed E-state index contributed by atoms with van der Waals surface area (Å²) in [5, 5.41) is 0.870. The van der Waals surface area contributed by atoms with Crippen molar-refractivity contribution in [2.45, 2.75) is 31.0 Å². The van der Waals surface area contributed by atoms with Gasteiger partial charge < -0.3 is 4.90 Å². The molecule has 1 unspecified atom stereocenters. The molecule has 0 aliphatic carbocycles. The lowest BCUT2D eigenvalue weighted by molar-refractivity contribution is 0.147. The maximum Gasteiger partial charge on any atom is 0.189 e. The predicted molar refractivity (Wildman–Crippen MR) is 106 cm³/mol. The number of rotatable bonds is 5. The molecular weight excluding hydrogens is 342 g/mol. The van der Waals surface area contributed by atoms with Gasteiger partial charge in [-0.2, -0.15) is 0 Å². The van der Waals surface area contributed by atoms with Gasteiger partial charge in [0.1, 0.15) is 5.82 Å². The third-order valence-electron chi connectivity index (χ3n) is 5.78. The zero-order valence-corrected chi connectivity index (χ0v) is 16.2. The van der Waals surface area contributed by atoms with Gasteiger partial charge in [-0.1, -0.05) is 17.8 Å². The standard InChI is InChI=1S/C20H27N5S/c1-26-20-22-9-4-19(23-20)25-12-7-18(15-25)17-5-10-24(11-6-17)14-16-3-2-8-21-13-16/h2-4,8-9,13,17-18H,5-7,10-12,14-15H2,1H3. The van der Waals surface area contributed by atoms with Gasteiger partial charge in [0.05, 0.1) is 0 Å². The van der Waals surface area contributed by atoms with E-state index in [9.17, 15) is 0 Å². The van der Waals surface area contributed by atoms with Crippen molar-refractivity contribution in [1.82, 2.24) is 19.9 Å². The Hall–Kier alpha value is -1.66. The Morgan fingerprint density at radius 3 is 2.69 bits per heavy atom. The van der Waals surface area contributed by atoms with Crippen LogP contribution in [0.2, 0.25) is 0 Å². The van der Waals surface area contributed by atoms with Crippen molar-refractivity contribution in [3.63, 3.8) is 0 Å². The van der Waals surface area contributed by atoms with Crippen LogP contribution in [0.5, 0.6) is 0 Å². The van der Waals surface area contributed by atoms with E-state index in [0.29, 0.717) is 0 Å². The quantitative estimate of drug-likeness (QED) is 0.595. The van der Waals surface area contributed by atoms with Crippen LogP contribution in [0.3, 0.4) is 0 Å². The van der Waals surface area contributed by atoms with Gasteiger partial charge in [-0.25, -0.2) is 9.97 Å². The fraction of sp³-hybridized carbons (Fsp3) is 0.550. The zero-order valence-electron chi connectivity index (χ0n) is 15.4. The molecule has 138 valence electrons. The Morgan fingerprint density at radius 2 is 1.92 bits per heavy atom. The molecule has 2 aliphatic heterocycles. The number of thioether (sulfide) groups is 1. The maximum atomic E-state index is 4.68. The van der Waals surface area contributed by atoms with Gasteiger partial charge in [-0.3, -0.25) is 9.88 Å². The minimum atomic E-state index is 0.809. The highest BCUT2D eigenvalue weighted by atomic mass is 32.2. The molecule has 0 aromatic carbocycles. The number of nitrogens with zero attached hydrogens (tertiary/aromatic N) is 5. The van der Waals surface area contributed by atoms with E-state index in [-0.39, 0.29) is 0 Å². The molecule has 0 spiro atoms. The summed E-state index contributed by atoms with van der Waals surface area (Å²) in [7, 11) is 0. The molecular formula is C20H27N5S. The molecule has 0 N–H and O–H groups in total. The van der Waals surface area contributed by atoms with E-state index in [1.165, 1.54) is 37.9 Å². The van der Waals surface area contributed by atoms with Gasteiger partial charge in [0.2, 0.25) is 0 Å². The largest absolute Gasteiger partial charge is 0.356 e. The first kappa shape index (κ1) is 17.7. The van der Waals surface area contributed by atoms with Crippen LogP contribution in [0, 0.1) is 11.8 Å². The molecule has 0 amide bonds. The van der Waals surface area contributed by atoms with Crippen molar-refractivity contribution in [1.29, 1.82) is 0 Å². The van der Waals surface area contributed by atoms with Crippen molar-refractivity contribution in [3.05, 3.63) is 42.4 Å². The minimum absolute atomic E-state index is 0.809. The molecule has 6 heteroatoms. The van der Waals surface area contributed by atoms with Crippen molar-refractivity contribution < 1.29 is 0 Å². The van der Waals surface area contributed by atoms with Crippen molar-refractivity contribution in [2.75, 3.05) is 37.3 Å². The van der Waals surface area contributed by atoms with Gasteiger partial charge in [-0.05, 0) is 68.1 Å². The number of likely N-dealkylation sites (tertiary alicyclic amines) is 1. The summed E-state index contributed by atoms with van der Waals surface area (Å²) in [4.78, 5) is 18.2. The molecule has 0 radical (unpaired) electrons. The average molecular weight is 370 g/mol. The van der Waals surface area contributed by atoms with E-state index in [4.69, 9.17) is 0 Å². The van der Waals surface area contributed by atoms with E-state index in [0.717, 1.165) is 42.4 Å². The van der Waals surface area contributed by atoms with Gasteiger partial charge in [0.15, 0.2) is 5.16 Å². The van der Waals surface area contributed by atoms with Crippen LogP contribution < -0.4 is 4.90 Å². The zero-order chi connectivity index (χ0) is 17.8. The average Bonchev–Trinajstić information content (AvgIpc) is 3.20. The first-order valence-electron chi connectivity index (χ1n) is 9.55. The molecule has 1 atom stereocenters. The van der Waals surface area contributed by atoms with E-state index in [1.807, 2.05) is 30.9 Å². The number of hydrogen-bond donors (Lipinski definition) is 0. The molecule has 2 aromatic heterocycles. The Labute approximate surface area is 160 Å². The lowest BCUT2D eigenvalue weighted by Gasteiger charge is -2.34. The van der Waals surface area contributed by atoms with E-state index >= 15 is 0 Å². The summed E-state index contributed by atoms with van der Waals surface area (Å²) >= 11 is 1.61. The maximum absolute atomic E-state index is 4.68. The third-order valence-corrected chi connectivity index (χ3v) is 6.34. The lowest BCUT2D eigenvalue weighted by atomic mass is 9.83. The molecule has 4 heterocycles. The first-order chi connectivity index (χ1) is 12.8. The van der Waals surface area contributed by atoms with Crippen LogP contribution in [-0.2, 0) is 6.54 Å².